The zero-order chi connectivity index (χ0) is 11.4. The summed E-state index contributed by atoms with van der Waals surface area (Å²) in [4.78, 5) is 2.36. The van der Waals surface area contributed by atoms with Crippen LogP contribution in [-0.4, -0.2) is 33.4 Å². The number of benzene rings is 1. The predicted octanol–water partition coefficient (Wildman–Crippen LogP) is 2.34. The van der Waals surface area contributed by atoms with Gasteiger partial charge >= 0.3 is 0 Å². The smallest absolute Gasteiger partial charge is 0.0485 e. The van der Waals surface area contributed by atoms with Gasteiger partial charge in [0.25, 0.3) is 0 Å². The number of anilines is 2. The van der Waals surface area contributed by atoms with E-state index >= 15 is 0 Å². The van der Waals surface area contributed by atoms with Crippen LogP contribution in [0.4, 0.5) is 11.4 Å². The highest BCUT2D eigenvalue weighted by molar-refractivity contribution is 5.55. The van der Waals surface area contributed by atoms with Gasteiger partial charge in [0, 0.05) is 44.7 Å². The summed E-state index contributed by atoms with van der Waals surface area (Å²) < 4.78 is 5.39. The van der Waals surface area contributed by atoms with Crippen molar-refractivity contribution in [1.82, 2.24) is 0 Å². The Bertz CT molecular complexity index is 317. The second-order valence-electron chi connectivity index (χ2n) is 4.25. The van der Waals surface area contributed by atoms with Crippen LogP contribution in [-0.2, 0) is 4.74 Å². The van der Waals surface area contributed by atoms with E-state index in [-0.39, 0.29) is 0 Å². The summed E-state index contributed by atoms with van der Waals surface area (Å²) >= 11 is 0. The second-order valence-corrected chi connectivity index (χ2v) is 4.25. The van der Waals surface area contributed by atoms with Gasteiger partial charge in [0.05, 0.1) is 0 Å². The highest BCUT2D eigenvalue weighted by Crippen LogP contribution is 2.22. The highest BCUT2D eigenvalue weighted by atomic mass is 16.5. The van der Waals surface area contributed by atoms with Crippen molar-refractivity contribution in [3.63, 3.8) is 0 Å². The second kappa shape index (κ2) is 5.21. The summed E-state index contributed by atoms with van der Waals surface area (Å²) in [6.07, 6.45) is 2.26. The molecule has 0 bridgehead atoms. The van der Waals surface area contributed by atoms with Gasteiger partial charge in [-0.1, -0.05) is 0 Å². The highest BCUT2D eigenvalue weighted by Gasteiger charge is 2.18. The SMILES string of the molecule is CNc1ccc(N(C)C2CCOCC2)cc1. The van der Waals surface area contributed by atoms with E-state index < -0.39 is 0 Å². The molecule has 0 amide bonds. The molecule has 1 saturated heterocycles. The Hall–Kier alpha value is -1.22. The van der Waals surface area contributed by atoms with Crippen LogP contribution >= 0.6 is 0 Å². The molecule has 1 aliphatic heterocycles. The quantitative estimate of drug-likeness (QED) is 0.846. The first-order chi connectivity index (χ1) is 7.81. The van der Waals surface area contributed by atoms with E-state index in [9.17, 15) is 0 Å². The van der Waals surface area contributed by atoms with Crippen LogP contribution in [0.3, 0.4) is 0 Å². The summed E-state index contributed by atoms with van der Waals surface area (Å²) in [5.41, 5.74) is 2.44. The molecular formula is C13H20N2O. The van der Waals surface area contributed by atoms with E-state index in [2.05, 4.69) is 41.5 Å². The predicted molar refractivity (Wildman–Crippen MR) is 68.2 cm³/mol. The van der Waals surface area contributed by atoms with Crippen LogP contribution in [0.25, 0.3) is 0 Å². The lowest BCUT2D eigenvalue weighted by molar-refractivity contribution is 0.0855. The summed E-state index contributed by atoms with van der Waals surface area (Å²) in [5.74, 6) is 0. The molecule has 3 nitrogen and oxygen atoms in total. The molecule has 0 spiro atoms. The van der Waals surface area contributed by atoms with Crippen molar-refractivity contribution in [2.75, 3.05) is 37.5 Å². The molecule has 1 heterocycles. The third-order valence-corrected chi connectivity index (χ3v) is 3.30. The van der Waals surface area contributed by atoms with Gasteiger partial charge in [-0.3, -0.25) is 0 Å². The van der Waals surface area contributed by atoms with Crippen LogP contribution in [0.15, 0.2) is 24.3 Å². The van der Waals surface area contributed by atoms with Crippen LogP contribution in [0.1, 0.15) is 12.8 Å². The van der Waals surface area contributed by atoms with Crippen molar-refractivity contribution in [1.29, 1.82) is 0 Å². The Morgan fingerprint density at radius 1 is 1.19 bits per heavy atom. The molecule has 1 fully saturated rings. The molecule has 3 heteroatoms. The van der Waals surface area contributed by atoms with Gasteiger partial charge in [-0.15, -0.1) is 0 Å². The van der Waals surface area contributed by atoms with Gasteiger partial charge < -0.3 is 15.0 Å². The minimum absolute atomic E-state index is 0.620. The molecule has 0 saturated carbocycles. The van der Waals surface area contributed by atoms with Gasteiger partial charge in [0.2, 0.25) is 0 Å². The Labute approximate surface area is 97.4 Å². The normalized spacial score (nSPS) is 17.1. The van der Waals surface area contributed by atoms with Crippen molar-refractivity contribution in [2.45, 2.75) is 18.9 Å². The lowest BCUT2D eigenvalue weighted by Crippen LogP contribution is -2.36. The molecule has 0 atom stereocenters. The first-order valence-electron chi connectivity index (χ1n) is 5.89. The Balaban J connectivity index is 2.04. The molecule has 0 aromatic heterocycles. The van der Waals surface area contributed by atoms with Crippen molar-refractivity contribution < 1.29 is 4.74 Å². The molecule has 1 aliphatic rings. The topological polar surface area (TPSA) is 24.5 Å². The van der Waals surface area contributed by atoms with Gasteiger partial charge in [0.15, 0.2) is 0 Å². The summed E-state index contributed by atoms with van der Waals surface area (Å²) in [5, 5.41) is 3.13. The Kier molecular flexibility index (Phi) is 3.67. The summed E-state index contributed by atoms with van der Waals surface area (Å²) in [7, 11) is 4.11. The minimum atomic E-state index is 0.620. The number of rotatable bonds is 3. The van der Waals surface area contributed by atoms with Gasteiger partial charge in [0.1, 0.15) is 0 Å². The largest absolute Gasteiger partial charge is 0.388 e. The summed E-state index contributed by atoms with van der Waals surface area (Å²) in [6.45, 7) is 1.78. The van der Waals surface area contributed by atoms with Gasteiger partial charge in [-0.25, -0.2) is 0 Å². The average molecular weight is 220 g/mol. The van der Waals surface area contributed by atoms with E-state index in [0.717, 1.165) is 31.7 Å². The van der Waals surface area contributed by atoms with Crippen molar-refractivity contribution >= 4 is 11.4 Å². The van der Waals surface area contributed by atoms with Gasteiger partial charge in [-0.05, 0) is 37.1 Å². The number of nitrogens with zero attached hydrogens (tertiary/aromatic N) is 1. The Morgan fingerprint density at radius 3 is 2.38 bits per heavy atom. The van der Waals surface area contributed by atoms with E-state index in [1.165, 1.54) is 5.69 Å². The number of nitrogens with one attached hydrogen (secondary N) is 1. The number of hydrogen-bond donors (Lipinski definition) is 1. The van der Waals surface area contributed by atoms with Gasteiger partial charge in [-0.2, -0.15) is 0 Å². The van der Waals surface area contributed by atoms with Crippen LogP contribution in [0.2, 0.25) is 0 Å². The molecule has 0 unspecified atom stereocenters. The number of ether oxygens (including phenoxy) is 1. The first-order valence-corrected chi connectivity index (χ1v) is 5.89. The fourth-order valence-corrected chi connectivity index (χ4v) is 2.15. The maximum Gasteiger partial charge on any atom is 0.0485 e. The van der Waals surface area contributed by atoms with E-state index in [0.29, 0.717) is 6.04 Å². The van der Waals surface area contributed by atoms with Crippen molar-refractivity contribution in [3.8, 4) is 0 Å². The molecule has 2 rings (SSSR count). The third kappa shape index (κ3) is 2.47. The molecule has 0 radical (unpaired) electrons. The minimum Gasteiger partial charge on any atom is -0.388 e. The monoisotopic (exact) mass is 220 g/mol. The molecule has 88 valence electrons. The maximum absolute atomic E-state index is 5.39. The third-order valence-electron chi connectivity index (χ3n) is 3.30. The molecule has 1 aromatic carbocycles. The molecular weight excluding hydrogens is 200 g/mol. The molecule has 0 aliphatic carbocycles. The average Bonchev–Trinajstić information content (AvgIpc) is 2.39. The van der Waals surface area contributed by atoms with E-state index in [4.69, 9.17) is 4.74 Å². The van der Waals surface area contributed by atoms with E-state index in [1.807, 2.05) is 7.05 Å². The molecule has 1 aromatic rings. The lowest BCUT2D eigenvalue weighted by Gasteiger charge is -2.33. The molecule has 1 N–H and O–H groups in total. The summed E-state index contributed by atoms with van der Waals surface area (Å²) in [6, 6.07) is 9.19. The number of hydrogen-bond acceptors (Lipinski definition) is 3. The van der Waals surface area contributed by atoms with E-state index in [1.54, 1.807) is 0 Å². The first kappa shape index (κ1) is 11.3. The molecule has 16 heavy (non-hydrogen) atoms. The fourth-order valence-electron chi connectivity index (χ4n) is 2.15. The van der Waals surface area contributed by atoms with Crippen LogP contribution in [0.5, 0.6) is 0 Å². The van der Waals surface area contributed by atoms with Crippen molar-refractivity contribution in [3.05, 3.63) is 24.3 Å². The van der Waals surface area contributed by atoms with Crippen LogP contribution in [0, 0.1) is 0 Å². The fraction of sp³-hybridized carbons (Fsp3) is 0.538. The van der Waals surface area contributed by atoms with Crippen LogP contribution < -0.4 is 10.2 Å². The zero-order valence-corrected chi connectivity index (χ0v) is 10.1. The zero-order valence-electron chi connectivity index (χ0n) is 10.1. The standard InChI is InChI=1S/C13H20N2O/c1-14-11-3-5-12(6-4-11)15(2)13-7-9-16-10-8-13/h3-6,13-14H,7-10H2,1-2H3. The Morgan fingerprint density at radius 2 is 1.81 bits per heavy atom. The maximum atomic E-state index is 5.39. The van der Waals surface area contributed by atoms with Crippen molar-refractivity contribution in [2.24, 2.45) is 0 Å². The lowest BCUT2D eigenvalue weighted by atomic mass is 10.1.